The molecule has 0 spiro atoms. The summed E-state index contributed by atoms with van der Waals surface area (Å²) in [6, 6.07) is 0.413. The van der Waals surface area contributed by atoms with Gasteiger partial charge in [0.15, 0.2) is 0 Å². The van der Waals surface area contributed by atoms with E-state index in [1.807, 2.05) is 5.01 Å². The standard InChI is InChI=1S/C11H19N3O4/c1-11(2,3)8-6-7-4-5-13(8)14(7)10(16)18-17-9(12)15/h7-8H,4-6H2,1-3H3,(H2,12,15). The van der Waals surface area contributed by atoms with Crippen molar-refractivity contribution in [1.82, 2.24) is 10.0 Å². The molecule has 2 aliphatic heterocycles. The van der Waals surface area contributed by atoms with E-state index in [1.165, 1.54) is 0 Å². The monoisotopic (exact) mass is 257 g/mol. The topological polar surface area (TPSA) is 85.1 Å². The summed E-state index contributed by atoms with van der Waals surface area (Å²) < 4.78 is 0. The predicted molar refractivity (Wildman–Crippen MR) is 62.0 cm³/mol. The SMILES string of the molecule is CC(C)(C)C1CC2CCN1N2C(=O)OOC(N)=O. The van der Waals surface area contributed by atoms with Crippen molar-refractivity contribution < 1.29 is 19.4 Å². The molecule has 0 aromatic rings. The minimum Gasteiger partial charge on any atom is -0.332 e. The molecule has 2 saturated heterocycles. The maximum absolute atomic E-state index is 11.8. The third kappa shape index (κ3) is 2.22. The van der Waals surface area contributed by atoms with Crippen LogP contribution in [-0.4, -0.2) is 40.8 Å². The van der Waals surface area contributed by atoms with Gasteiger partial charge in [0, 0.05) is 12.6 Å². The fourth-order valence-corrected chi connectivity index (χ4v) is 2.79. The Morgan fingerprint density at radius 3 is 2.44 bits per heavy atom. The van der Waals surface area contributed by atoms with Gasteiger partial charge in [0.05, 0.1) is 6.04 Å². The highest BCUT2D eigenvalue weighted by Crippen LogP contribution is 2.41. The van der Waals surface area contributed by atoms with Gasteiger partial charge in [-0.1, -0.05) is 20.8 Å². The first kappa shape index (κ1) is 12.9. The van der Waals surface area contributed by atoms with Gasteiger partial charge < -0.3 is 5.73 Å². The maximum Gasteiger partial charge on any atom is 0.467 e. The molecule has 7 heteroatoms. The molecule has 2 heterocycles. The zero-order valence-electron chi connectivity index (χ0n) is 10.9. The quantitative estimate of drug-likeness (QED) is 0.521. The lowest BCUT2D eigenvalue weighted by Gasteiger charge is -2.35. The minimum atomic E-state index is -1.13. The van der Waals surface area contributed by atoms with Crippen molar-refractivity contribution in [2.45, 2.75) is 45.7 Å². The van der Waals surface area contributed by atoms with Gasteiger partial charge in [-0.05, 0) is 18.3 Å². The molecule has 0 aliphatic carbocycles. The molecule has 2 bridgehead atoms. The molecule has 7 nitrogen and oxygen atoms in total. The van der Waals surface area contributed by atoms with E-state index in [4.69, 9.17) is 5.73 Å². The van der Waals surface area contributed by atoms with Crippen LogP contribution in [-0.2, 0) is 9.78 Å². The molecule has 0 saturated carbocycles. The zero-order valence-corrected chi connectivity index (χ0v) is 10.9. The van der Waals surface area contributed by atoms with Gasteiger partial charge in [-0.2, -0.15) is 0 Å². The predicted octanol–water partition coefficient (Wildman–Crippen LogP) is 1.24. The lowest BCUT2D eigenvalue weighted by atomic mass is 9.82. The van der Waals surface area contributed by atoms with Crippen molar-refractivity contribution in [3.8, 4) is 0 Å². The van der Waals surface area contributed by atoms with Crippen LogP contribution in [0.25, 0.3) is 0 Å². The highest BCUT2D eigenvalue weighted by Gasteiger charge is 2.51. The number of piperidine rings is 1. The third-order valence-corrected chi connectivity index (χ3v) is 3.55. The fourth-order valence-electron chi connectivity index (χ4n) is 2.79. The normalized spacial score (nSPS) is 30.4. The number of nitrogens with two attached hydrogens (primary N) is 1. The van der Waals surface area contributed by atoms with Crippen LogP contribution in [0.3, 0.4) is 0 Å². The summed E-state index contributed by atoms with van der Waals surface area (Å²) >= 11 is 0. The van der Waals surface area contributed by atoms with E-state index in [0.717, 1.165) is 19.4 Å². The van der Waals surface area contributed by atoms with Crippen molar-refractivity contribution in [3.63, 3.8) is 0 Å². The van der Waals surface area contributed by atoms with Crippen LogP contribution in [0.5, 0.6) is 0 Å². The van der Waals surface area contributed by atoms with Crippen LogP contribution in [0.1, 0.15) is 33.6 Å². The summed E-state index contributed by atoms with van der Waals surface area (Å²) in [5.74, 6) is 0. The molecule has 0 aromatic heterocycles. The molecule has 2 amide bonds. The van der Waals surface area contributed by atoms with Crippen LogP contribution < -0.4 is 5.73 Å². The summed E-state index contributed by atoms with van der Waals surface area (Å²) in [6.07, 6.45) is 0.0215. The van der Waals surface area contributed by atoms with Gasteiger partial charge in [-0.3, -0.25) is 0 Å². The molecule has 102 valence electrons. The molecule has 2 rings (SSSR count). The number of carbonyl (C=O) groups excluding carboxylic acids is 2. The van der Waals surface area contributed by atoms with Crippen LogP contribution in [0.2, 0.25) is 0 Å². The first-order chi connectivity index (χ1) is 8.30. The van der Waals surface area contributed by atoms with Gasteiger partial charge in [-0.25, -0.2) is 29.4 Å². The number of fused-ring (bicyclic) bond motifs is 2. The van der Waals surface area contributed by atoms with E-state index in [2.05, 4.69) is 30.5 Å². The molecule has 2 aliphatic rings. The summed E-state index contributed by atoms with van der Waals surface area (Å²) in [7, 11) is 0. The minimum absolute atomic E-state index is 0.0816. The lowest BCUT2D eigenvalue weighted by Crippen LogP contribution is -2.46. The van der Waals surface area contributed by atoms with Gasteiger partial charge in [0.25, 0.3) is 0 Å². The molecule has 0 aromatic carbocycles. The van der Waals surface area contributed by atoms with Crippen LogP contribution in [0.15, 0.2) is 0 Å². The summed E-state index contributed by atoms with van der Waals surface area (Å²) in [5, 5.41) is 3.54. The number of hydrazine groups is 1. The number of amides is 2. The second-order valence-corrected chi connectivity index (χ2v) is 5.82. The molecule has 3 atom stereocenters. The van der Waals surface area contributed by atoms with Crippen LogP contribution in [0.4, 0.5) is 9.59 Å². The number of hydrogen-bond acceptors (Lipinski definition) is 5. The number of rotatable bonds is 0. The highest BCUT2D eigenvalue weighted by atomic mass is 17.2. The Bertz CT molecular complexity index is 366. The number of hydrogen-bond donors (Lipinski definition) is 1. The number of nitrogens with zero attached hydrogens (tertiary/aromatic N) is 2. The molecule has 0 radical (unpaired) electrons. The third-order valence-electron chi connectivity index (χ3n) is 3.55. The van der Waals surface area contributed by atoms with E-state index in [0.29, 0.717) is 0 Å². The molecule has 2 N–H and O–H groups in total. The first-order valence-electron chi connectivity index (χ1n) is 6.04. The van der Waals surface area contributed by atoms with E-state index in [1.54, 1.807) is 5.01 Å². The molecular weight excluding hydrogens is 238 g/mol. The van der Waals surface area contributed by atoms with Crippen LogP contribution >= 0.6 is 0 Å². The summed E-state index contributed by atoms with van der Waals surface area (Å²) in [6.45, 7) is 7.24. The maximum atomic E-state index is 11.8. The van der Waals surface area contributed by atoms with E-state index in [9.17, 15) is 9.59 Å². The second-order valence-electron chi connectivity index (χ2n) is 5.82. The van der Waals surface area contributed by atoms with Crippen molar-refractivity contribution in [1.29, 1.82) is 0 Å². The largest absolute Gasteiger partial charge is 0.467 e. The van der Waals surface area contributed by atoms with E-state index < -0.39 is 12.2 Å². The van der Waals surface area contributed by atoms with Gasteiger partial charge in [0.1, 0.15) is 0 Å². The summed E-state index contributed by atoms with van der Waals surface area (Å²) in [5.41, 5.74) is 4.83. The van der Waals surface area contributed by atoms with Crippen molar-refractivity contribution >= 4 is 12.2 Å². The second kappa shape index (κ2) is 4.31. The highest BCUT2D eigenvalue weighted by molar-refractivity contribution is 5.70. The van der Waals surface area contributed by atoms with Gasteiger partial charge in [0.2, 0.25) is 0 Å². The van der Waals surface area contributed by atoms with Gasteiger partial charge in [-0.15, -0.1) is 0 Å². The Morgan fingerprint density at radius 2 is 1.94 bits per heavy atom. The van der Waals surface area contributed by atoms with E-state index in [-0.39, 0.29) is 17.5 Å². The molecule has 2 fully saturated rings. The average molecular weight is 257 g/mol. The number of primary amides is 1. The average Bonchev–Trinajstić information content (AvgIpc) is 2.81. The first-order valence-corrected chi connectivity index (χ1v) is 6.04. The summed E-state index contributed by atoms with van der Waals surface area (Å²) in [4.78, 5) is 30.7. The smallest absolute Gasteiger partial charge is 0.332 e. The van der Waals surface area contributed by atoms with Crippen molar-refractivity contribution in [2.24, 2.45) is 11.1 Å². The Morgan fingerprint density at radius 1 is 1.28 bits per heavy atom. The zero-order chi connectivity index (χ0) is 13.5. The Hall–Kier alpha value is -1.50. The van der Waals surface area contributed by atoms with Gasteiger partial charge >= 0.3 is 12.2 Å². The van der Waals surface area contributed by atoms with Crippen molar-refractivity contribution in [3.05, 3.63) is 0 Å². The molecular formula is C11H19N3O4. The van der Waals surface area contributed by atoms with E-state index >= 15 is 0 Å². The Kier molecular flexibility index (Phi) is 3.10. The fraction of sp³-hybridized carbons (Fsp3) is 0.818. The molecule has 3 unspecified atom stereocenters. The molecule has 18 heavy (non-hydrogen) atoms. The van der Waals surface area contributed by atoms with Crippen LogP contribution in [0, 0.1) is 5.41 Å². The Labute approximate surface area is 106 Å². The number of carbonyl (C=O) groups is 2. The Balaban J connectivity index is 2.03. The van der Waals surface area contributed by atoms with Crippen molar-refractivity contribution in [2.75, 3.05) is 6.54 Å². The lowest BCUT2D eigenvalue weighted by molar-refractivity contribution is -0.196.